The number of pyridine rings is 1. The Labute approximate surface area is 108 Å². The van der Waals surface area contributed by atoms with Gasteiger partial charge < -0.3 is 4.74 Å². The number of rotatable bonds is 2. The van der Waals surface area contributed by atoms with Gasteiger partial charge in [-0.15, -0.1) is 0 Å². The number of ether oxygens (including phenoxy) is 1. The van der Waals surface area contributed by atoms with Crippen LogP contribution in [0.5, 0.6) is 11.5 Å². The highest BCUT2D eigenvalue weighted by atomic mass is 79.9. The van der Waals surface area contributed by atoms with E-state index < -0.39 is 0 Å². The molecule has 17 heavy (non-hydrogen) atoms. The molecule has 0 aliphatic heterocycles. The van der Waals surface area contributed by atoms with Gasteiger partial charge >= 0.3 is 0 Å². The second-order valence-corrected chi connectivity index (χ2v) is 4.45. The van der Waals surface area contributed by atoms with Gasteiger partial charge in [0.2, 0.25) is 0 Å². The highest BCUT2D eigenvalue weighted by Gasteiger charge is 2.02. The summed E-state index contributed by atoms with van der Waals surface area (Å²) in [5, 5.41) is 8.83. The monoisotopic (exact) mass is 288 g/mol. The third kappa shape index (κ3) is 2.83. The molecule has 0 bridgehead atoms. The molecule has 3 nitrogen and oxygen atoms in total. The lowest BCUT2D eigenvalue weighted by Crippen LogP contribution is -1.88. The summed E-state index contributed by atoms with van der Waals surface area (Å²) >= 11 is 3.33. The van der Waals surface area contributed by atoms with Crippen molar-refractivity contribution in [3.63, 3.8) is 0 Å². The van der Waals surface area contributed by atoms with Gasteiger partial charge in [-0.25, -0.2) is 0 Å². The predicted octanol–water partition coefficient (Wildman–Crippen LogP) is 3.82. The lowest BCUT2D eigenvalue weighted by molar-refractivity contribution is 0.479. The summed E-state index contributed by atoms with van der Waals surface area (Å²) in [5.74, 6) is 1.35. The van der Waals surface area contributed by atoms with E-state index >= 15 is 0 Å². The molecule has 0 amide bonds. The zero-order chi connectivity index (χ0) is 12.3. The van der Waals surface area contributed by atoms with Crippen LogP contribution < -0.4 is 4.74 Å². The van der Waals surface area contributed by atoms with E-state index in [1.165, 1.54) is 0 Å². The minimum atomic E-state index is 0.656. The van der Waals surface area contributed by atoms with E-state index in [1.54, 1.807) is 24.5 Å². The lowest BCUT2D eigenvalue weighted by atomic mass is 10.1. The van der Waals surface area contributed by atoms with Crippen LogP contribution in [0.3, 0.4) is 0 Å². The molecule has 0 unspecified atom stereocenters. The van der Waals surface area contributed by atoms with Gasteiger partial charge in [-0.3, -0.25) is 4.98 Å². The molecular formula is C13H9BrN2O. The Kier molecular flexibility index (Phi) is 3.40. The molecule has 0 atom stereocenters. The minimum Gasteiger partial charge on any atom is -0.456 e. The summed E-state index contributed by atoms with van der Waals surface area (Å²) in [6.07, 6.45) is 3.33. The minimum absolute atomic E-state index is 0.656. The van der Waals surface area contributed by atoms with Crippen LogP contribution in [0, 0.1) is 18.3 Å². The quantitative estimate of drug-likeness (QED) is 0.844. The second-order valence-electron chi connectivity index (χ2n) is 3.53. The van der Waals surface area contributed by atoms with E-state index in [1.807, 2.05) is 19.1 Å². The van der Waals surface area contributed by atoms with E-state index in [2.05, 4.69) is 27.0 Å². The molecular weight excluding hydrogens is 280 g/mol. The standard InChI is InChI=1S/C13H9BrN2O/c1-9-4-12(3-2-10(9)6-15)17-13-5-11(14)7-16-8-13/h2-5,7-8H,1H3. The first-order valence-corrected chi connectivity index (χ1v) is 5.77. The molecule has 2 rings (SSSR count). The molecule has 1 aromatic carbocycles. The molecule has 0 fully saturated rings. The van der Waals surface area contributed by atoms with Crippen LogP contribution in [0.15, 0.2) is 41.1 Å². The van der Waals surface area contributed by atoms with Crippen LogP contribution in [-0.2, 0) is 0 Å². The van der Waals surface area contributed by atoms with E-state index in [-0.39, 0.29) is 0 Å². The smallest absolute Gasteiger partial charge is 0.146 e. The van der Waals surface area contributed by atoms with Crippen LogP contribution >= 0.6 is 15.9 Å². The number of hydrogen-bond acceptors (Lipinski definition) is 3. The van der Waals surface area contributed by atoms with Gasteiger partial charge in [-0.05, 0) is 52.7 Å². The molecule has 0 saturated heterocycles. The van der Waals surface area contributed by atoms with Crippen molar-refractivity contribution in [1.29, 1.82) is 5.26 Å². The maximum Gasteiger partial charge on any atom is 0.146 e. The van der Waals surface area contributed by atoms with Gasteiger partial charge in [0.05, 0.1) is 17.8 Å². The molecule has 0 radical (unpaired) electrons. The van der Waals surface area contributed by atoms with Gasteiger partial charge in [-0.1, -0.05) is 0 Å². The summed E-state index contributed by atoms with van der Waals surface area (Å²) in [6, 6.07) is 9.30. The van der Waals surface area contributed by atoms with Crippen molar-refractivity contribution in [2.75, 3.05) is 0 Å². The first-order chi connectivity index (χ1) is 8.19. The van der Waals surface area contributed by atoms with Crippen molar-refractivity contribution >= 4 is 15.9 Å². The first kappa shape index (κ1) is 11.6. The Morgan fingerprint density at radius 3 is 2.71 bits per heavy atom. The summed E-state index contributed by atoms with van der Waals surface area (Å²) in [5.41, 5.74) is 1.55. The average Bonchev–Trinajstić information content (AvgIpc) is 2.29. The Morgan fingerprint density at radius 1 is 1.24 bits per heavy atom. The van der Waals surface area contributed by atoms with E-state index in [4.69, 9.17) is 10.00 Å². The maximum absolute atomic E-state index is 8.83. The van der Waals surface area contributed by atoms with Crippen molar-refractivity contribution in [2.45, 2.75) is 6.92 Å². The van der Waals surface area contributed by atoms with Crippen LogP contribution in [0.1, 0.15) is 11.1 Å². The number of nitriles is 1. The van der Waals surface area contributed by atoms with Gasteiger partial charge in [0.15, 0.2) is 0 Å². The molecule has 0 spiro atoms. The van der Waals surface area contributed by atoms with Crippen molar-refractivity contribution in [3.8, 4) is 17.6 Å². The molecule has 0 N–H and O–H groups in total. The zero-order valence-corrected chi connectivity index (χ0v) is 10.7. The average molecular weight is 289 g/mol. The second kappa shape index (κ2) is 4.98. The summed E-state index contributed by atoms with van der Waals surface area (Å²) in [6.45, 7) is 1.88. The molecule has 0 aliphatic carbocycles. The molecule has 84 valence electrons. The van der Waals surface area contributed by atoms with Gasteiger partial charge in [0.25, 0.3) is 0 Å². The largest absolute Gasteiger partial charge is 0.456 e. The Balaban J connectivity index is 2.25. The number of hydrogen-bond donors (Lipinski definition) is 0. The van der Waals surface area contributed by atoms with Gasteiger partial charge in [0, 0.05) is 10.7 Å². The number of aryl methyl sites for hydroxylation is 1. The Hall–Kier alpha value is -1.86. The van der Waals surface area contributed by atoms with Crippen LogP contribution in [-0.4, -0.2) is 4.98 Å². The third-order valence-electron chi connectivity index (χ3n) is 2.23. The van der Waals surface area contributed by atoms with Gasteiger partial charge in [-0.2, -0.15) is 5.26 Å². The van der Waals surface area contributed by atoms with Gasteiger partial charge in [0.1, 0.15) is 11.5 Å². The number of halogens is 1. The van der Waals surface area contributed by atoms with Crippen molar-refractivity contribution in [2.24, 2.45) is 0 Å². The van der Waals surface area contributed by atoms with Crippen molar-refractivity contribution < 1.29 is 4.74 Å². The molecule has 1 aromatic heterocycles. The fourth-order valence-corrected chi connectivity index (χ4v) is 1.75. The SMILES string of the molecule is Cc1cc(Oc2cncc(Br)c2)ccc1C#N. The van der Waals surface area contributed by atoms with E-state index in [9.17, 15) is 0 Å². The normalized spacial score (nSPS) is 9.71. The highest BCUT2D eigenvalue weighted by molar-refractivity contribution is 9.10. The Morgan fingerprint density at radius 2 is 2.06 bits per heavy atom. The maximum atomic E-state index is 8.83. The van der Waals surface area contributed by atoms with Crippen LogP contribution in [0.2, 0.25) is 0 Å². The van der Waals surface area contributed by atoms with Crippen LogP contribution in [0.4, 0.5) is 0 Å². The number of benzene rings is 1. The Bertz CT molecular complexity index is 590. The van der Waals surface area contributed by atoms with Crippen molar-refractivity contribution in [3.05, 3.63) is 52.3 Å². The molecule has 4 heteroatoms. The van der Waals surface area contributed by atoms with E-state index in [0.717, 1.165) is 10.0 Å². The van der Waals surface area contributed by atoms with Crippen LogP contribution in [0.25, 0.3) is 0 Å². The fourth-order valence-electron chi connectivity index (χ4n) is 1.41. The predicted molar refractivity (Wildman–Crippen MR) is 67.9 cm³/mol. The van der Waals surface area contributed by atoms with Crippen molar-refractivity contribution in [1.82, 2.24) is 4.98 Å². The topological polar surface area (TPSA) is 45.9 Å². The highest BCUT2D eigenvalue weighted by Crippen LogP contribution is 2.24. The summed E-state index contributed by atoms with van der Waals surface area (Å²) in [4.78, 5) is 4.01. The first-order valence-electron chi connectivity index (χ1n) is 4.98. The number of nitrogens with zero attached hydrogens (tertiary/aromatic N) is 2. The molecule has 0 saturated carbocycles. The third-order valence-corrected chi connectivity index (χ3v) is 2.67. The zero-order valence-electron chi connectivity index (χ0n) is 9.14. The summed E-state index contributed by atoms with van der Waals surface area (Å²) < 4.78 is 6.50. The lowest BCUT2D eigenvalue weighted by Gasteiger charge is -2.06. The molecule has 0 aliphatic rings. The van der Waals surface area contributed by atoms with E-state index in [0.29, 0.717) is 17.1 Å². The molecule has 1 heterocycles. The number of aromatic nitrogens is 1. The molecule has 2 aromatic rings. The fraction of sp³-hybridized carbons (Fsp3) is 0.0769. The summed E-state index contributed by atoms with van der Waals surface area (Å²) in [7, 11) is 0.